The van der Waals surface area contributed by atoms with Gasteiger partial charge in [0.05, 0.1) is 17.5 Å². The van der Waals surface area contributed by atoms with Crippen LogP contribution in [0.15, 0.2) is 59.5 Å². The van der Waals surface area contributed by atoms with Crippen molar-refractivity contribution in [1.82, 2.24) is 0 Å². The highest BCUT2D eigenvalue weighted by molar-refractivity contribution is 9.12. The first kappa shape index (κ1) is 20.2. The van der Waals surface area contributed by atoms with Gasteiger partial charge in [0.15, 0.2) is 0 Å². The number of carbonyl (C=O) groups is 2. The predicted octanol–water partition coefficient (Wildman–Crippen LogP) is 3.74. The van der Waals surface area contributed by atoms with E-state index in [1.165, 1.54) is 29.2 Å². The van der Waals surface area contributed by atoms with Gasteiger partial charge in [-0.25, -0.2) is 0 Å². The molecule has 0 unspecified atom stereocenters. The Morgan fingerprint density at radius 1 is 0.833 bits per heavy atom. The summed E-state index contributed by atoms with van der Waals surface area (Å²) >= 11 is 7.35. The molecule has 2 amide bonds. The largest absolute Gasteiger partial charge is 0.379 e. The van der Waals surface area contributed by atoms with Crippen LogP contribution in [0.2, 0.25) is 0 Å². The van der Waals surface area contributed by atoms with Gasteiger partial charge in [-0.2, -0.15) is 8.42 Å². The van der Waals surface area contributed by atoms with Gasteiger partial charge >= 0.3 is 10.1 Å². The molecule has 30 heavy (non-hydrogen) atoms. The maximum atomic E-state index is 13.1. The van der Waals surface area contributed by atoms with Crippen LogP contribution >= 0.6 is 31.9 Å². The van der Waals surface area contributed by atoms with Crippen molar-refractivity contribution in [2.45, 2.75) is 21.0 Å². The van der Waals surface area contributed by atoms with E-state index in [0.29, 0.717) is 5.69 Å². The SMILES string of the molecule is O=C1[C@@H]2[C@@H]3C[C@H]([C@H](Br)[C@@H]3Br)[C@@H]2C(=O)N1c1ccc(OS(=O)(=O)c2ccccc2)cc1. The molecular formula is C21H17Br2NO5S. The molecule has 2 saturated carbocycles. The Hall–Kier alpha value is -1.71. The van der Waals surface area contributed by atoms with Crippen molar-refractivity contribution in [2.24, 2.45) is 23.7 Å². The molecule has 156 valence electrons. The highest BCUT2D eigenvalue weighted by Gasteiger charge is 2.66. The van der Waals surface area contributed by atoms with Crippen molar-refractivity contribution in [3.05, 3.63) is 54.6 Å². The van der Waals surface area contributed by atoms with Crippen LogP contribution in [0, 0.1) is 23.7 Å². The third-order valence-corrected chi connectivity index (χ3v) is 10.8. The first-order chi connectivity index (χ1) is 14.3. The van der Waals surface area contributed by atoms with Gasteiger partial charge in [0.1, 0.15) is 10.6 Å². The zero-order chi connectivity index (χ0) is 21.2. The summed E-state index contributed by atoms with van der Waals surface area (Å²) in [5.74, 6) is -0.541. The number of anilines is 1. The molecule has 3 aliphatic rings. The summed E-state index contributed by atoms with van der Waals surface area (Å²) in [6.45, 7) is 0. The smallest absolute Gasteiger partial charge is 0.339 e. The van der Waals surface area contributed by atoms with Crippen LogP contribution in [0.25, 0.3) is 0 Å². The van der Waals surface area contributed by atoms with Crippen LogP contribution in [0.1, 0.15) is 6.42 Å². The van der Waals surface area contributed by atoms with E-state index in [1.807, 2.05) is 0 Å². The third kappa shape index (κ3) is 2.97. The highest BCUT2D eigenvalue weighted by atomic mass is 79.9. The third-order valence-electron chi connectivity index (χ3n) is 6.32. The van der Waals surface area contributed by atoms with E-state index in [1.54, 1.807) is 30.3 Å². The molecule has 2 aromatic carbocycles. The second-order valence-electron chi connectivity index (χ2n) is 7.86. The van der Waals surface area contributed by atoms with Crippen LogP contribution in [0.3, 0.4) is 0 Å². The average Bonchev–Trinajstić information content (AvgIpc) is 3.34. The summed E-state index contributed by atoms with van der Waals surface area (Å²) < 4.78 is 29.9. The van der Waals surface area contributed by atoms with Crippen molar-refractivity contribution in [2.75, 3.05) is 4.90 Å². The number of imide groups is 1. The minimum absolute atomic E-state index is 0.0518. The van der Waals surface area contributed by atoms with Gasteiger partial charge in [-0.1, -0.05) is 50.1 Å². The van der Waals surface area contributed by atoms with Gasteiger partial charge in [0.2, 0.25) is 11.8 Å². The summed E-state index contributed by atoms with van der Waals surface area (Å²) in [6.07, 6.45) is 0.872. The van der Waals surface area contributed by atoms with E-state index in [9.17, 15) is 18.0 Å². The topological polar surface area (TPSA) is 80.8 Å². The molecule has 5 rings (SSSR count). The number of alkyl halides is 2. The molecule has 2 bridgehead atoms. The molecule has 6 atom stereocenters. The number of benzene rings is 2. The molecule has 0 aromatic heterocycles. The van der Waals surface area contributed by atoms with E-state index in [4.69, 9.17) is 4.18 Å². The first-order valence-electron chi connectivity index (χ1n) is 9.55. The Kier molecular flexibility index (Phi) is 4.83. The molecule has 2 aliphatic carbocycles. The van der Waals surface area contributed by atoms with E-state index in [-0.39, 0.29) is 55.8 Å². The predicted molar refractivity (Wildman–Crippen MR) is 117 cm³/mol. The van der Waals surface area contributed by atoms with Crippen LogP contribution < -0.4 is 9.08 Å². The van der Waals surface area contributed by atoms with Crippen molar-refractivity contribution in [3.8, 4) is 5.75 Å². The van der Waals surface area contributed by atoms with Crippen LogP contribution in [0.4, 0.5) is 5.69 Å². The van der Waals surface area contributed by atoms with Crippen molar-refractivity contribution in [3.63, 3.8) is 0 Å². The number of halogens is 2. The van der Waals surface area contributed by atoms with Crippen molar-refractivity contribution in [1.29, 1.82) is 0 Å². The molecule has 0 N–H and O–H groups in total. The molecule has 0 radical (unpaired) electrons. The molecule has 1 heterocycles. The maximum Gasteiger partial charge on any atom is 0.339 e. The van der Waals surface area contributed by atoms with Crippen LogP contribution in [-0.2, 0) is 19.7 Å². The van der Waals surface area contributed by atoms with Crippen LogP contribution in [-0.4, -0.2) is 29.9 Å². The van der Waals surface area contributed by atoms with Gasteiger partial charge in [0.25, 0.3) is 0 Å². The number of fused-ring (bicyclic) bond motifs is 5. The van der Waals surface area contributed by atoms with Gasteiger partial charge in [-0.3, -0.25) is 14.5 Å². The van der Waals surface area contributed by atoms with Crippen molar-refractivity contribution < 1.29 is 22.2 Å². The fourth-order valence-corrected chi connectivity index (χ4v) is 7.84. The Bertz CT molecular complexity index is 1090. The zero-order valence-corrected chi connectivity index (χ0v) is 19.5. The Balaban J connectivity index is 1.38. The molecule has 0 spiro atoms. The summed E-state index contributed by atoms with van der Waals surface area (Å²) in [6, 6.07) is 13.9. The summed E-state index contributed by atoms with van der Waals surface area (Å²) in [5.41, 5.74) is 0.431. The van der Waals surface area contributed by atoms with Crippen LogP contribution in [0.5, 0.6) is 5.75 Å². The van der Waals surface area contributed by atoms with Gasteiger partial charge in [0, 0.05) is 9.65 Å². The van der Waals surface area contributed by atoms with Gasteiger partial charge in [-0.15, -0.1) is 0 Å². The normalized spacial score (nSPS) is 32.5. The molecule has 9 heteroatoms. The van der Waals surface area contributed by atoms with E-state index >= 15 is 0 Å². The fourth-order valence-electron chi connectivity index (χ4n) is 5.02. The standard InChI is InChI=1S/C21H17Br2NO5S/c22-18-14-10-15(19(18)23)17-16(14)20(25)24(21(17)26)11-6-8-12(9-7-11)29-30(27,28)13-4-2-1-3-5-13/h1-9,14-19H,10H2/t14-,15-,16-,17+,18-,19+/m0/s1. The quantitative estimate of drug-likeness (QED) is 0.327. The highest BCUT2D eigenvalue weighted by Crippen LogP contribution is 2.60. The molecule has 1 saturated heterocycles. The molecular weight excluding hydrogens is 538 g/mol. The van der Waals surface area contributed by atoms with E-state index < -0.39 is 10.1 Å². The molecule has 1 aliphatic heterocycles. The lowest BCUT2D eigenvalue weighted by Gasteiger charge is -2.28. The summed E-state index contributed by atoms with van der Waals surface area (Å²) in [5, 5.41) is 0. The Labute approximate surface area is 191 Å². The second kappa shape index (κ2) is 7.17. The number of hydrogen-bond donors (Lipinski definition) is 0. The zero-order valence-electron chi connectivity index (χ0n) is 15.5. The number of hydrogen-bond acceptors (Lipinski definition) is 5. The fraction of sp³-hybridized carbons (Fsp3) is 0.333. The lowest BCUT2D eigenvalue weighted by molar-refractivity contribution is -0.123. The Morgan fingerprint density at radius 3 is 1.90 bits per heavy atom. The minimum atomic E-state index is -3.96. The second-order valence-corrected chi connectivity index (χ2v) is 11.5. The summed E-state index contributed by atoms with van der Waals surface area (Å²) in [7, 11) is -3.96. The lowest BCUT2D eigenvalue weighted by Crippen LogP contribution is -2.37. The number of rotatable bonds is 4. The number of amides is 2. The van der Waals surface area contributed by atoms with Gasteiger partial charge < -0.3 is 4.18 Å². The van der Waals surface area contributed by atoms with E-state index in [0.717, 1.165) is 6.42 Å². The van der Waals surface area contributed by atoms with Gasteiger partial charge in [-0.05, 0) is 54.7 Å². The molecule has 6 nitrogen and oxygen atoms in total. The Morgan fingerprint density at radius 2 is 1.37 bits per heavy atom. The average molecular weight is 555 g/mol. The maximum absolute atomic E-state index is 13.1. The minimum Gasteiger partial charge on any atom is -0.379 e. The molecule has 2 aromatic rings. The number of carbonyl (C=O) groups excluding carboxylic acids is 2. The lowest BCUT2D eigenvalue weighted by atomic mass is 9.81. The van der Waals surface area contributed by atoms with Crippen molar-refractivity contribution >= 4 is 59.5 Å². The first-order valence-corrected chi connectivity index (χ1v) is 12.8. The van der Waals surface area contributed by atoms with E-state index in [2.05, 4.69) is 31.9 Å². The summed E-state index contributed by atoms with van der Waals surface area (Å²) in [4.78, 5) is 27.8. The number of nitrogens with zero attached hydrogens (tertiary/aromatic N) is 1. The molecule has 3 fully saturated rings. The monoisotopic (exact) mass is 553 g/mol.